The summed E-state index contributed by atoms with van der Waals surface area (Å²) in [6.45, 7) is 5.33. The molecule has 0 aliphatic rings. The van der Waals surface area contributed by atoms with Gasteiger partial charge in [0.2, 0.25) is 0 Å². The number of hydrogen-bond acceptors (Lipinski definition) is 4. The first kappa shape index (κ1) is 16.0. The van der Waals surface area contributed by atoms with Crippen LogP contribution in [0.1, 0.15) is 26.5 Å². The maximum atomic E-state index is 12.0. The van der Waals surface area contributed by atoms with E-state index in [4.69, 9.17) is 9.15 Å². The van der Waals surface area contributed by atoms with Gasteiger partial charge in [0.1, 0.15) is 16.9 Å². The van der Waals surface area contributed by atoms with E-state index >= 15 is 0 Å². The molecule has 0 saturated heterocycles. The van der Waals surface area contributed by atoms with E-state index < -0.39 is 17.5 Å². The molecule has 0 spiro atoms. The van der Waals surface area contributed by atoms with Crippen molar-refractivity contribution in [1.29, 1.82) is 0 Å². The van der Waals surface area contributed by atoms with Crippen molar-refractivity contribution in [2.45, 2.75) is 26.4 Å². The van der Waals surface area contributed by atoms with Crippen LogP contribution in [0.2, 0.25) is 0 Å². The molecule has 2 atom stereocenters. The van der Waals surface area contributed by atoms with Crippen LogP contribution in [-0.2, 0) is 15.1 Å². The summed E-state index contributed by atoms with van der Waals surface area (Å²) < 4.78 is 11.5. The molecule has 4 nitrogen and oxygen atoms in total. The number of carbonyl (C=O) groups excluding carboxylic acids is 1. The Hall–Kier alpha value is -1.33. The topological polar surface area (TPSA) is 59.7 Å². The van der Waals surface area contributed by atoms with Gasteiger partial charge in [-0.3, -0.25) is 4.79 Å². The van der Waals surface area contributed by atoms with Crippen LogP contribution >= 0.6 is 15.9 Å². The van der Waals surface area contributed by atoms with E-state index in [0.717, 1.165) is 9.86 Å². The van der Waals surface area contributed by atoms with Gasteiger partial charge in [-0.2, -0.15) is 0 Å². The van der Waals surface area contributed by atoms with Crippen molar-refractivity contribution in [2.75, 3.05) is 7.11 Å². The Morgan fingerprint density at radius 3 is 2.62 bits per heavy atom. The minimum Gasteiger partial charge on any atom is -0.469 e. The first-order valence-corrected chi connectivity index (χ1v) is 7.56. The molecular weight excluding hydrogens is 336 g/mol. The fourth-order valence-electron chi connectivity index (χ4n) is 2.69. The van der Waals surface area contributed by atoms with Crippen LogP contribution in [0.5, 0.6) is 0 Å². The Morgan fingerprint density at radius 2 is 2.05 bits per heavy atom. The largest absolute Gasteiger partial charge is 0.469 e. The van der Waals surface area contributed by atoms with Crippen LogP contribution in [0.15, 0.2) is 33.2 Å². The van der Waals surface area contributed by atoms with Crippen LogP contribution in [-0.4, -0.2) is 18.2 Å². The summed E-state index contributed by atoms with van der Waals surface area (Å²) in [6.07, 6.45) is 0. The third kappa shape index (κ3) is 2.99. The molecule has 1 heterocycles. The molecule has 2 unspecified atom stereocenters. The molecule has 1 aromatic heterocycles. The molecule has 0 aliphatic heterocycles. The quantitative estimate of drug-likeness (QED) is 0.847. The minimum absolute atomic E-state index is 0.0904. The summed E-state index contributed by atoms with van der Waals surface area (Å²) in [5, 5.41) is 11.7. The lowest BCUT2D eigenvalue weighted by molar-refractivity contribution is -0.160. The number of hydrogen-bond donors (Lipinski definition) is 1. The number of rotatable bonds is 4. The van der Waals surface area contributed by atoms with E-state index in [1.54, 1.807) is 13.0 Å². The second-order valence-electron chi connectivity index (χ2n) is 5.69. The fourth-order valence-corrected chi connectivity index (χ4v) is 3.07. The maximum Gasteiger partial charge on any atom is 0.312 e. The second-order valence-corrected chi connectivity index (χ2v) is 6.60. The highest BCUT2D eigenvalue weighted by Crippen LogP contribution is 2.38. The summed E-state index contributed by atoms with van der Waals surface area (Å²) >= 11 is 3.40. The molecule has 1 N–H and O–H groups in total. The van der Waals surface area contributed by atoms with Crippen LogP contribution in [0.25, 0.3) is 11.0 Å². The van der Waals surface area contributed by atoms with Crippen molar-refractivity contribution in [3.05, 3.63) is 34.5 Å². The molecule has 1 aromatic carbocycles. The van der Waals surface area contributed by atoms with Crippen molar-refractivity contribution in [3.8, 4) is 0 Å². The summed E-state index contributed by atoms with van der Waals surface area (Å²) in [7, 11) is 1.32. The zero-order valence-corrected chi connectivity index (χ0v) is 14.1. The summed E-state index contributed by atoms with van der Waals surface area (Å²) in [5.74, 6) is -0.879. The van der Waals surface area contributed by atoms with Gasteiger partial charge in [-0.15, -0.1) is 0 Å². The maximum absolute atomic E-state index is 12.0. The summed E-state index contributed by atoms with van der Waals surface area (Å²) in [4.78, 5) is 12.0. The minimum atomic E-state index is -1.44. The number of esters is 1. The first-order chi connectivity index (χ1) is 9.77. The van der Waals surface area contributed by atoms with Crippen LogP contribution in [0.4, 0.5) is 0 Å². The third-order valence-corrected chi connectivity index (χ3v) is 4.20. The van der Waals surface area contributed by atoms with Gasteiger partial charge < -0.3 is 14.3 Å². The van der Waals surface area contributed by atoms with Gasteiger partial charge in [0.25, 0.3) is 0 Å². The second kappa shape index (κ2) is 5.81. The molecule has 0 radical (unpaired) electrons. The molecule has 5 heteroatoms. The Morgan fingerprint density at radius 1 is 1.38 bits per heavy atom. The fraction of sp³-hybridized carbons (Fsp3) is 0.438. The predicted molar refractivity (Wildman–Crippen MR) is 83.8 cm³/mol. The number of fused-ring (bicyclic) bond motifs is 1. The molecular formula is C16H19BrO4. The van der Waals surface area contributed by atoms with Gasteiger partial charge >= 0.3 is 5.97 Å². The summed E-state index contributed by atoms with van der Waals surface area (Å²) in [6, 6.07) is 7.35. The average Bonchev–Trinajstić information content (AvgIpc) is 2.81. The number of methoxy groups -OCH3 is 1. The highest BCUT2D eigenvalue weighted by molar-refractivity contribution is 9.10. The molecule has 2 aromatic rings. The first-order valence-electron chi connectivity index (χ1n) is 6.77. The number of halogens is 1. The zero-order valence-electron chi connectivity index (χ0n) is 12.5. The van der Waals surface area contributed by atoms with Gasteiger partial charge in [-0.1, -0.05) is 29.8 Å². The van der Waals surface area contributed by atoms with Crippen molar-refractivity contribution in [2.24, 2.45) is 11.8 Å². The lowest BCUT2D eigenvalue weighted by Crippen LogP contribution is -2.41. The zero-order chi connectivity index (χ0) is 15.8. The van der Waals surface area contributed by atoms with Crippen molar-refractivity contribution in [1.82, 2.24) is 0 Å². The Labute approximate surface area is 132 Å². The lowest BCUT2D eigenvalue weighted by Gasteiger charge is -2.31. The van der Waals surface area contributed by atoms with E-state index in [-0.39, 0.29) is 5.92 Å². The van der Waals surface area contributed by atoms with Gasteiger partial charge in [0, 0.05) is 9.86 Å². The monoisotopic (exact) mass is 354 g/mol. The number of ether oxygens (including phenoxy) is 1. The van der Waals surface area contributed by atoms with Crippen molar-refractivity contribution in [3.63, 3.8) is 0 Å². The molecule has 21 heavy (non-hydrogen) atoms. The van der Waals surface area contributed by atoms with Gasteiger partial charge in [-0.25, -0.2) is 0 Å². The normalized spacial score (nSPS) is 16.0. The molecule has 0 amide bonds. The number of benzene rings is 1. The van der Waals surface area contributed by atoms with Crippen molar-refractivity contribution < 1.29 is 19.1 Å². The Kier molecular flexibility index (Phi) is 4.44. The van der Waals surface area contributed by atoms with E-state index in [1.165, 1.54) is 7.11 Å². The Balaban J connectivity index is 2.50. The highest BCUT2D eigenvalue weighted by atomic mass is 79.9. The molecule has 114 valence electrons. The number of furan rings is 1. The van der Waals surface area contributed by atoms with Crippen molar-refractivity contribution >= 4 is 32.9 Å². The molecule has 0 bridgehead atoms. The lowest BCUT2D eigenvalue weighted by atomic mass is 9.79. The highest BCUT2D eigenvalue weighted by Gasteiger charge is 2.44. The Bertz CT molecular complexity index is 657. The van der Waals surface area contributed by atoms with E-state index in [0.29, 0.717) is 11.3 Å². The SMILES string of the molecule is COC(=O)C(C(C)C)C(C)(O)c1cc2cc(Br)ccc2o1. The third-order valence-electron chi connectivity index (χ3n) is 3.70. The van der Waals surface area contributed by atoms with Gasteiger partial charge in [0.05, 0.1) is 13.0 Å². The average molecular weight is 355 g/mol. The summed E-state index contributed by atoms with van der Waals surface area (Å²) in [5.41, 5.74) is -0.770. The van der Waals surface area contributed by atoms with Crippen LogP contribution < -0.4 is 0 Å². The molecule has 2 rings (SSSR count). The predicted octanol–water partition coefficient (Wildman–Crippen LogP) is 3.85. The van der Waals surface area contributed by atoms with Crippen LogP contribution in [0, 0.1) is 11.8 Å². The van der Waals surface area contributed by atoms with Crippen LogP contribution in [0.3, 0.4) is 0 Å². The van der Waals surface area contributed by atoms with E-state index in [9.17, 15) is 9.90 Å². The smallest absolute Gasteiger partial charge is 0.312 e. The standard InChI is InChI=1S/C16H19BrO4/c1-9(2)14(15(18)20-4)16(3,19)13-8-10-7-11(17)5-6-12(10)21-13/h5-9,14,19H,1-4H3. The number of aliphatic hydroxyl groups is 1. The molecule has 0 saturated carbocycles. The van der Waals surface area contributed by atoms with E-state index in [2.05, 4.69) is 15.9 Å². The van der Waals surface area contributed by atoms with Gasteiger partial charge in [-0.05, 0) is 37.1 Å². The van der Waals surface area contributed by atoms with Gasteiger partial charge in [0.15, 0.2) is 0 Å². The number of carbonyl (C=O) groups is 1. The van der Waals surface area contributed by atoms with E-state index in [1.807, 2.05) is 32.0 Å². The molecule has 0 aliphatic carbocycles. The molecule has 0 fully saturated rings.